The quantitative estimate of drug-likeness (QED) is 0.626. The van der Waals surface area contributed by atoms with Crippen molar-refractivity contribution in [3.63, 3.8) is 0 Å². The van der Waals surface area contributed by atoms with Gasteiger partial charge in [-0.1, -0.05) is 89.5 Å². The molecule has 2 heteroatoms. The Balaban J connectivity index is 1.74. The van der Waals surface area contributed by atoms with Gasteiger partial charge < -0.3 is 5.11 Å². The molecule has 1 heterocycles. The van der Waals surface area contributed by atoms with Crippen molar-refractivity contribution in [2.45, 2.75) is 51.8 Å². The van der Waals surface area contributed by atoms with Crippen LogP contribution in [0.15, 0.2) is 72.8 Å². The SMILES string of the molecule is Cc1ccc(CN2CCCC2C(O)(c2ccc(C)cc2)c2ccc(C)cc2)cc1. The number of hydrogen-bond donors (Lipinski definition) is 1. The largest absolute Gasteiger partial charge is 0.379 e. The van der Waals surface area contributed by atoms with Gasteiger partial charge in [-0.05, 0) is 56.8 Å². The highest BCUT2D eigenvalue weighted by molar-refractivity contribution is 5.41. The number of nitrogens with zero attached hydrogens (tertiary/aromatic N) is 1. The van der Waals surface area contributed by atoms with Crippen LogP contribution in [0, 0.1) is 20.8 Å². The second kappa shape index (κ2) is 8.14. The van der Waals surface area contributed by atoms with Gasteiger partial charge in [0.2, 0.25) is 0 Å². The lowest BCUT2D eigenvalue weighted by Gasteiger charge is -2.40. The molecule has 1 fully saturated rings. The van der Waals surface area contributed by atoms with Gasteiger partial charge in [-0.3, -0.25) is 4.90 Å². The number of aryl methyl sites for hydroxylation is 3. The Kier molecular flexibility index (Phi) is 5.58. The van der Waals surface area contributed by atoms with E-state index in [0.29, 0.717) is 0 Å². The molecule has 3 aromatic carbocycles. The molecule has 29 heavy (non-hydrogen) atoms. The van der Waals surface area contributed by atoms with Gasteiger partial charge >= 0.3 is 0 Å². The van der Waals surface area contributed by atoms with Crippen molar-refractivity contribution in [2.75, 3.05) is 6.54 Å². The van der Waals surface area contributed by atoms with Crippen LogP contribution in [0.4, 0.5) is 0 Å². The highest BCUT2D eigenvalue weighted by Crippen LogP contribution is 2.41. The van der Waals surface area contributed by atoms with E-state index in [1.54, 1.807) is 0 Å². The van der Waals surface area contributed by atoms with E-state index in [1.807, 2.05) is 0 Å². The van der Waals surface area contributed by atoms with E-state index >= 15 is 0 Å². The maximum absolute atomic E-state index is 12.3. The lowest BCUT2D eigenvalue weighted by molar-refractivity contribution is -0.00654. The Hall–Kier alpha value is -2.42. The van der Waals surface area contributed by atoms with Gasteiger partial charge in [0.15, 0.2) is 0 Å². The molecule has 150 valence electrons. The average Bonchev–Trinajstić information content (AvgIpc) is 3.19. The molecule has 1 atom stereocenters. The van der Waals surface area contributed by atoms with Crippen molar-refractivity contribution in [1.82, 2.24) is 4.90 Å². The fourth-order valence-electron chi connectivity index (χ4n) is 4.58. The molecule has 2 nitrogen and oxygen atoms in total. The van der Waals surface area contributed by atoms with Crippen LogP contribution in [-0.4, -0.2) is 22.6 Å². The highest BCUT2D eigenvalue weighted by Gasteiger charge is 2.45. The van der Waals surface area contributed by atoms with E-state index in [9.17, 15) is 5.11 Å². The first-order valence-electron chi connectivity index (χ1n) is 10.6. The maximum atomic E-state index is 12.3. The highest BCUT2D eigenvalue weighted by atomic mass is 16.3. The Morgan fingerprint density at radius 3 is 1.69 bits per heavy atom. The van der Waals surface area contributed by atoms with E-state index < -0.39 is 5.60 Å². The van der Waals surface area contributed by atoms with Gasteiger partial charge in [0.1, 0.15) is 5.60 Å². The lowest BCUT2D eigenvalue weighted by atomic mass is 9.78. The van der Waals surface area contributed by atoms with Gasteiger partial charge in [-0.25, -0.2) is 0 Å². The average molecular weight is 386 g/mol. The van der Waals surface area contributed by atoms with Crippen LogP contribution in [-0.2, 0) is 12.1 Å². The summed E-state index contributed by atoms with van der Waals surface area (Å²) in [6.07, 6.45) is 2.10. The minimum absolute atomic E-state index is 0.0502. The zero-order valence-electron chi connectivity index (χ0n) is 17.7. The van der Waals surface area contributed by atoms with Crippen molar-refractivity contribution in [3.05, 3.63) is 106 Å². The molecule has 0 aromatic heterocycles. The Morgan fingerprint density at radius 1 is 0.759 bits per heavy atom. The molecule has 0 amide bonds. The predicted molar refractivity (Wildman–Crippen MR) is 120 cm³/mol. The first-order chi connectivity index (χ1) is 14.0. The van der Waals surface area contributed by atoms with Crippen LogP contribution in [0.1, 0.15) is 46.2 Å². The molecule has 0 bridgehead atoms. The normalized spacial score (nSPS) is 17.6. The zero-order chi connectivity index (χ0) is 20.4. The van der Waals surface area contributed by atoms with Crippen molar-refractivity contribution in [1.29, 1.82) is 0 Å². The van der Waals surface area contributed by atoms with E-state index in [4.69, 9.17) is 0 Å². The van der Waals surface area contributed by atoms with E-state index in [1.165, 1.54) is 22.3 Å². The number of aliphatic hydroxyl groups is 1. The molecule has 0 saturated carbocycles. The van der Waals surface area contributed by atoms with Crippen molar-refractivity contribution >= 4 is 0 Å². The van der Waals surface area contributed by atoms with Crippen LogP contribution in [0.25, 0.3) is 0 Å². The summed E-state index contributed by atoms with van der Waals surface area (Å²) in [6.45, 7) is 8.18. The molecule has 1 aliphatic heterocycles. The second-order valence-corrected chi connectivity index (χ2v) is 8.61. The summed E-state index contributed by atoms with van der Waals surface area (Å²) in [7, 11) is 0. The van der Waals surface area contributed by atoms with Crippen LogP contribution in [0.2, 0.25) is 0 Å². The summed E-state index contributed by atoms with van der Waals surface area (Å²) >= 11 is 0. The van der Waals surface area contributed by atoms with E-state index in [2.05, 4.69) is 98.5 Å². The summed E-state index contributed by atoms with van der Waals surface area (Å²) in [5, 5.41) is 12.3. The van der Waals surface area contributed by atoms with Gasteiger partial charge in [0, 0.05) is 12.6 Å². The monoisotopic (exact) mass is 385 g/mol. The number of rotatable bonds is 5. The lowest BCUT2D eigenvalue weighted by Crippen LogP contribution is -2.48. The molecular weight excluding hydrogens is 354 g/mol. The third-order valence-corrected chi connectivity index (χ3v) is 6.34. The van der Waals surface area contributed by atoms with Crippen molar-refractivity contribution < 1.29 is 5.11 Å². The van der Waals surface area contributed by atoms with Gasteiger partial charge in [-0.15, -0.1) is 0 Å². The van der Waals surface area contributed by atoms with E-state index in [-0.39, 0.29) is 6.04 Å². The Bertz CT molecular complexity index is 896. The molecule has 4 rings (SSSR count). The van der Waals surface area contributed by atoms with Crippen molar-refractivity contribution in [2.24, 2.45) is 0 Å². The molecule has 0 spiro atoms. The molecule has 0 aliphatic carbocycles. The Morgan fingerprint density at radius 2 is 1.21 bits per heavy atom. The van der Waals surface area contributed by atoms with Gasteiger partial charge in [-0.2, -0.15) is 0 Å². The number of hydrogen-bond acceptors (Lipinski definition) is 2. The first-order valence-corrected chi connectivity index (χ1v) is 10.6. The summed E-state index contributed by atoms with van der Waals surface area (Å²) in [5.74, 6) is 0. The third-order valence-electron chi connectivity index (χ3n) is 6.34. The molecule has 1 unspecified atom stereocenters. The molecule has 0 radical (unpaired) electrons. The fraction of sp³-hybridized carbons (Fsp3) is 0.333. The molecule has 1 N–H and O–H groups in total. The van der Waals surface area contributed by atoms with Crippen LogP contribution >= 0.6 is 0 Å². The summed E-state index contributed by atoms with van der Waals surface area (Å²) < 4.78 is 0. The molecule has 1 aliphatic rings. The first kappa shape index (κ1) is 19.9. The maximum Gasteiger partial charge on any atom is 0.130 e. The molecule has 3 aromatic rings. The summed E-state index contributed by atoms with van der Waals surface area (Å²) in [5.41, 5.74) is 5.94. The third kappa shape index (κ3) is 4.01. The van der Waals surface area contributed by atoms with Crippen molar-refractivity contribution in [3.8, 4) is 0 Å². The smallest absolute Gasteiger partial charge is 0.130 e. The Labute approximate surface area is 174 Å². The standard InChI is InChI=1S/C27H31NO/c1-20-6-12-23(13-7-20)19-28-18-4-5-26(28)27(29,24-14-8-21(2)9-15-24)25-16-10-22(3)11-17-25/h6-17,26,29H,4-5,18-19H2,1-3H3. The number of benzene rings is 3. The zero-order valence-corrected chi connectivity index (χ0v) is 17.7. The fourth-order valence-corrected chi connectivity index (χ4v) is 4.58. The molecular formula is C27H31NO. The molecule has 1 saturated heterocycles. The number of likely N-dealkylation sites (tertiary alicyclic amines) is 1. The van der Waals surface area contributed by atoms with Gasteiger partial charge in [0.25, 0.3) is 0 Å². The second-order valence-electron chi connectivity index (χ2n) is 8.61. The summed E-state index contributed by atoms with van der Waals surface area (Å²) in [4.78, 5) is 2.46. The topological polar surface area (TPSA) is 23.5 Å². The van der Waals surface area contributed by atoms with Gasteiger partial charge in [0.05, 0.1) is 0 Å². The minimum Gasteiger partial charge on any atom is -0.379 e. The predicted octanol–water partition coefficient (Wildman–Crippen LogP) is 5.51. The van der Waals surface area contributed by atoms with Crippen LogP contribution < -0.4 is 0 Å². The summed E-state index contributed by atoms with van der Waals surface area (Å²) in [6, 6.07) is 25.6. The van der Waals surface area contributed by atoms with E-state index in [0.717, 1.165) is 37.1 Å². The van der Waals surface area contributed by atoms with Crippen LogP contribution in [0.5, 0.6) is 0 Å². The minimum atomic E-state index is -1.03. The van der Waals surface area contributed by atoms with Crippen LogP contribution in [0.3, 0.4) is 0 Å².